The molecule has 0 saturated carbocycles. The molecule has 0 aromatic carbocycles. The maximum absolute atomic E-state index is 11.4. The van der Waals surface area contributed by atoms with Crippen molar-refractivity contribution in [2.75, 3.05) is 12.4 Å². The van der Waals surface area contributed by atoms with E-state index < -0.39 is 5.97 Å². The van der Waals surface area contributed by atoms with Crippen LogP contribution in [-0.2, 0) is 11.3 Å². The molecule has 7 heteroatoms. The van der Waals surface area contributed by atoms with Crippen molar-refractivity contribution < 1.29 is 9.53 Å². The van der Waals surface area contributed by atoms with E-state index in [1.165, 1.54) is 28.2 Å². The fraction of sp³-hybridized carbons (Fsp3) is 0.273. The molecule has 1 N–H and O–H groups in total. The number of methoxy groups -OCH3 is 1. The molecular weight excluding hydrogens is 292 g/mol. The van der Waals surface area contributed by atoms with Gasteiger partial charge in [-0.2, -0.15) is 0 Å². The Morgan fingerprint density at radius 3 is 2.89 bits per heavy atom. The van der Waals surface area contributed by atoms with E-state index in [0.29, 0.717) is 16.6 Å². The number of ether oxygens (including phenoxy) is 1. The summed E-state index contributed by atoms with van der Waals surface area (Å²) >= 11 is 8.78. The lowest BCUT2D eigenvalue weighted by atomic mass is 10.4. The van der Waals surface area contributed by atoms with Crippen molar-refractivity contribution in [1.82, 2.24) is 4.98 Å². The van der Waals surface area contributed by atoms with Crippen molar-refractivity contribution in [3.63, 3.8) is 0 Å². The van der Waals surface area contributed by atoms with Crippen LogP contribution in [0.4, 0.5) is 5.13 Å². The van der Waals surface area contributed by atoms with Gasteiger partial charge in [0.1, 0.15) is 0 Å². The topological polar surface area (TPSA) is 51.2 Å². The lowest BCUT2D eigenvalue weighted by Crippen LogP contribution is -1.98. The van der Waals surface area contributed by atoms with E-state index >= 15 is 0 Å². The van der Waals surface area contributed by atoms with E-state index in [1.54, 1.807) is 11.3 Å². The summed E-state index contributed by atoms with van der Waals surface area (Å²) in [6.45, 7) is 2.73. The Hall–Kier alpha value is -1.11. The molecule has 18 heavy (non-hydrogen) atoms. The number of rotatable bonds is 4. The molecule has 2 aromatic rings. The van der Waals surface area contributed by atoms with Gasteiger partial charge in [-0.15, -0.1) is 11.3 Å². The van der Waals surface area contributed by atoms with Crippen molar-refractivity contribution in [3.8, 4) is 0 Å². The quantitative estimate of drug-likeness (QED) is 0.877. The first-order chi connectivity index (χ1) is 8.60. The second kappa shape index (κ2) is 5.69. The third-order valence-electron chi connectivity index (χ3n) is 2.17. The van der Waals surface area contributed by atoms with E-state index in [9.17, 15) is 4.79 Å². The minimum Gasteiger partial charge on any atom is -0.465 e. The van der Waals surface area contributed by atoms with E-state index in [0.717, 1.165) is 0 Å². The van der Waals surface area contributed by atoms with Crippen LogP contribution >= 0.6 is 34.3 Å². The molecule has 0 aliphatic rings. The van der Waals surface area contributed by atoms with Gasteiger partial charge in [0.25, 0.3) is 0 Å². The number of thiazole rings is 1. The minimum atomic E-state index is -0.461. The number of nitrogens with one attached hydrogen (secondary N) is 1. The molecule has 2 rings (SSSR count). The molecular formula is C11H11ClN2O2S2. The SMILES string of the molecule is COC(=O)c1sc(NCc2ccc(C)s2)nc1Cl. The van der Waals surface area contributed by atoms with Crippen LogP contribution < -0.4 is 5.32 Å². The third kappa shape index (κ3) is 3.01. The lowest BCUT2D eigenvalue weighted by Gasteiger charge is -1.98. The molecule has 0 aliphatic carbocycles. The van der Waals surface area contributed by atoms with Crippen molar-refractivity contribution >= 4 is 45.4 Å². The number of thiophene rings is 1. The molecule has 0 unspecified atom stereocenters. The van der Waals surface area contributed by atoms with E-state index in [-0.39, 0.29) is 5.15 Å². The molecule has 0 amide bonds. The molecule has 2 heterocycles. The van der Waals surface area contributed by atoms with Crippen LogP contribution in [-0.4, -0.2) is 18.1 Å². The third-order valence-corrected chi connectivity index (χ3v) is 4.55. The molecule has 0 saturated heterocycles. The fourth-order valence-electron chi connectivity index (χ4n) is 1.34. The van der Waals surface area contributed by atoms with Gasteiger partial charge in [-0.3, -0.25) is 0 Å². The number of aryl methyl sites for hydroxylation is 1. The van der Waals surface area contributed by atoms with Crippen molar-refractivity contribution in [1.29, 1.82) is 0 Å². The fourth-order valence-corrected chi connectivity index (χ4v) is 3.27. The Bertz CT molecular complexity index is 565. The Morgan fingerprint density at radius 1 is 1.50 bits per heavy atom. The molecule has 2 aromatic heterocycles. The second-order valence-electron chi connectivity index (χ2n) is 3.50. The smallest absolute Gasteiger partial charge is 0.351 e. The zero-order valence-corrected chi connectivity index (χ0v) is 12.2. The Morgan fingerprint density at radius 2 is 2.28 bits per heavy atom. The van der Waals surface area contributed by atoms with E-state index in [1.807, 2.05) is 0 Å². The first-order valence-corrected chi connectivity index (χ1v) is 7.15. The van der Waals surface area contributed by atoms with Crippen LogP contribution in [0.5, 0.6) is 0 Å². The second-order valence-corrected chi connectivity index (χ2v) is 6.23. The highest BCUT2D eigenvalue weighted by atomic mass is 35.5. The summed E-state index contributed by atoms with van der Waals surface area (Å²) < 4.78 is 4.62. The molecule has 0 spiro atoms. The largest absolute Gasteiger partial charge is 0.465 e. The Balaban J connectivity index is 2.04. The number of hydrogen-bond donors (Lipinski definition) is 1. The van der Waals surface area contributed by atoms with Crippen LogP contribution in [0, 0.1) is 6.92 Å². The summed E-state index contributed by atoms with van der Waals surface area (Å²) in [6, 6.07) is 4.12. The van der Waals surface area contributed by atoms with Crippen LogP contribution in [0.15, 0.2) is 12.1 Å². The number of halogens is 1. The first kappa shape index (κ1) is 13.3. The maximum Gasteiger partial charge on any atom is 0.351 e. The zero-order valence-electron chi connectivity index (χ0n) is 9.82. The monoisotopic (exact) mass is 302 g/mol. The molecule has 0 radical (unpaired) electrons. The number of carbonyl (C=O) groups is 1. The van der Waals surface area contributed by atoms with Crippen LogP contribution in [0.2, 0.25) is 5.15 Å². The standard InChI is InChI=1S/C11H11ClN2O2S2/c1-6-3-4-7(17-6)5-13-11-14-9(12)8(18-11)10(15)16-2/h3-4H,5H2,1-2H3,(H,13,14). The van der Waals surface area contributed by atoms with E-state index in [2.05, 4.69) is 34.1 Å². The van der Waals surface area contributed by atoms with Crippen molar-refractivity contribution in [2.24, 2.45) is 0 Å². The summed E-state index contributed by atoms with van der Waals surface area (Å²) in [5.41, 5.74) is 0. The van der Waals surface area contributed by atoms with Gasteiger partial charge < -0.3 is 10.1 Å². The first-order valence-electron chi connectivity index (χ1n) is 5.14. The number of esters is 1. The minimum absolute atomic E-state index is 0.178. The van der Waals surface area contributed by atoms with Crippen LogP contribution in [0.1, 0.15) is 19.4 Å². The van der Waals surface area contributed by atoms with Gasteiger partial charge >= 0.3 is 5.97 Å². The molecule has 0 aliphatic heterocycles. The number of nitrogens with zero attached hydrogens (tertiary/aromatic N) is 1. The van der Waals surface area contributed by atoms with Gasteiger partial charge in [-0.05, 0) is 19.1 Å². The highest BCUT2D eigenvalue weighted by molar-refractivity contribution is 7.18. The molecule has 0 atom stereocenters. The van der Waals surface area contributed by atoms with Gasteiger partial charge in [0.15, 0.2) is 15.2 Å². The maximum atomic E-state index is 11.4. The highest BCUT2D eigenvalue weighted by Crippen LogP contribution is 2.28. The highest BCUT2D eigenvalue weighted by Gasteiger charge is 2.17. The lowest BCUT2D eigenvalue weighted by molar-refractivity contribution is 0.0606. The summed E-state index contributed by atoms with van der Waals surface area (Å²) in [5.74, 6) is -0.461. The molecule has 0 fully saturated rings. The number of anilines is 1. The predicted octanol–water partition coefficient (Wildman–Crippen LogP) is 3.57. The van der Waals surface area contributed by atoms with Crippen LogP contribution in [0.25, 0.3) is 0 Å². The average Bonchev–Trinajstić information content (AvgIpc) is 2.92. The predicted molar refractivity (Wildman–Crippen MR) is 74.8 cm³/mol. The summed E-state index contributed by atoms with van der Waals surface area (Å²) in [5, 5.41) is 3.93. The van der Waals surface area contributed by atoms with E-state index in [4.69, 9.17) is 11.6 Å². The zero-order chi connectivity index (χ0) is 13.1. The van der Waals surface area contributed by atoms with Crippen molar-refractivity contribution in [3.05, 3.63) is 31.9 Å². The normalized spacial score (nSPS) is 10.4. The van der Waals surface area contributed by atoms with Crippen LogP contribution in [0.3, 0.4) is 0 Å². The van der Waals surface area contributed by atoms with Gasteiger partial charge in [0.2, 0.25) is 0 Å². The van der Waals surface area contributed by atoms with Crippen molar-refractivity contribution in [2.45, 2.75) is 13.5 Å². The molecule has 0 bridgehead atoms. The number of hydrogen-bond acceptors (Lipinski definition) is 6. The molecule has 96 valence electrons. The van der Waals surface area contributed by atoms with Gasteiger partial charge in [-0.1, -0.05) is 22.9 Å². The summed E-state index contributed by atoms with van der Waals surface area (Å²) in [4.78, 5) is 18.2. The number of carbonyl (C=O) groups excluding carboxylic acids is 1. The van der Waals surface area contributed by atoms with Gasteiger partial charge in [0, 0.05) is 9.75 Å². The summed E-state index contributed by atoms with van der Waals surface area (Å²) in [7, 11) is 1.32. The average molecular weight is 303 g/mol. The Kier molecular flexibility index (Phi) is 4.21. The molecule has 4 nitrogen and oxygen atoms in total. The summed E-state index contributed by atoms with van der Waals surface area (Å²) in [6.07, 6.45) is 0. The Labute approximate surface area is 118 Å². The van der Waals surface area contributed by atoms with Gasteiger partial charge in [0.05, 0.1) is 13.7 Å². The number of aromatic nitrogens is 1. The van der Waals surface area contributed by atoms with Gasteiger partial charge in [-0.25, -0.2) is 9.78 Å².